The van der Waals surface area contributed by atoms with Gasteiger partial charge in [-0.15, -0.1) is 0 Å². The standard InChI is InChI=1S/2C6H6S.Sn.2H/c2*7-6-4-2-1-3-5-6;;;/h2*1-5,7H;;;/q;;+2;;/p-2. The molecule has 0 unspecified atom stereocenters. The zero-order chi connectivity index (χ0) is 10.2. The van der Waals surface area contributed by atoms with E-state index in [4.69, 9.17) is 25.3 Å². The molecule has 0 aliphatic carbocycles. The molecule has 3 heteroatoms. The van der Waals surface area contributed by atoms with Crippen LogP contribution < -0.4 is 0 Å². The van der Waals surface area contributed by atoms with E-state index in [1.165, 1.54) is 0 Å². The van der Waals surface area contributed by atoms with Crippen LogP contribution in [-0.4, -0.2) is 23.9 Å². The quantitative estimate of drug-likeness (QED) is 0.534. The molecule has 0 atom stereocenters. The summed E-state index contributed by atoms with van der Waals surface area (Å²) < 4.78 is 0. The van der Waals surface area contributed by atoms with Crippen LogP contribution in [0.3, 0.4) is 0 Å². The zero-order valence-electron chi connectivity index (χ0n) is 8.30. The van der Waals surface area contributed by atoms with Crippen LogP contribution in [0.1, 0.15) is 0 Å². The van der Waals surface area contributed by atoms with Crippen LogP contribution in [0.2, 0.25) is 0 Å². The average molecular weight is 339 g/mol. The van der Waals surface area contributed by atoms with Gasteiger partial charge in [-0.25, -0.2) is 0 Å². The number of rotatable bonds is 0. The Hall–Kier alpha value is -0.321. The monoisotopic (exact) mass is 340 g/mol. The first-order valence-corrected chi connectivity index (χ1v) is 5.05. The second-order valence-electron chi connectivity index (χ2n) is 2.63. The second kappa shape index (κ2) is 8.94. The third-order valence-corrected chi connectivity index (χ3v) is 2.03. The Bertz CT molecular complexity index is 311. The maximum atomic E-state index is 4.81. The first-order chi connectivity index (χ1) is 6.79. The molecule has 2 aromatic carbocycles. The zero-order valence-corrected chi connectivity index (χ0v) is 14.0. The van der Waals surface area contributed by atoms with Crippen LogP contribution in [0, 0.1) is 0 Å². The maximum absolute atomic E-state index is 4.81. The van der Waals surface area contributed by atoms with Gasteiger partial charge < -0.3 is 25.3 Å². The Morgan fingerprint density at radius 1 is 0.533 bits per heavy atom. The van der Waals surface area contributed by atoms with E-state index >= 15 is 0 Å². The van der Waals surface area contributed by atoms with Crippen molar-refractivity contribution < 1.29 is 0 Å². The van der Waals surface area contributed by atoms with Gasteiger partial charge in [0.1, 0.15) is 0 Å². The van der Waals surface area contributed by atoms with Crippen molar-refractivity contribution in [2.75, 3.05) is 0 Å². The second-order valence-corrected chi connectivity index (χ2v) is 3.57. The van der Waals surface area contributed by atoms with Gasteiger partial charge in [0.05, 0.1) is 0 Å². The van der Waals surface area contributed by atoms with Crippen molar-refractivity contribution in [3.05, 3.63) is 60.7 Å². The summed E-state index contributed by atoms with van der Waals surface area (Å²) in [6.07, 6.45) is 0. The van der Waals surface area contributed by atoms with Gasteiger partial charge in [-0.2, -0.15) is 9.79 Å². The minimum atomic E-state index is 0. The predicted molar refractivity (Wildman–Crippen MR) is 72.7 cm³/mol. The van der Waals surface area contributed by atoms with E-state index in [0.717, 1.165) is 9.79 Å². The van der Waals surface area contributed by atoms with E-state index in [0.29, 0.717) is 0 Å². The molecule has 2 aromatic rings. The van der Waals surface area contributed by atoms with Crippen molar-refractivity contribution in [2.45, 2.75) is 9.79 Å². The molecule has 0 aromatic heterocycles. The molecule has 0 amide bonds. The molecule has 0 nitrogen and oxygen atoms in total. The van der Waals surface area contributed by atoms with Gasteiger partial charge in [-0.05, 0) is 0 Å². The summed E-state index contributed by atoms with van der Waals surface area (Å²) >= 11 is 9.62. The number of hydrogen-bond acceptors (Lipinski definition) is 2. The van der Waals surface area contributed by atoms with Crippen LogP contribution in [0.15, 0.2) is 70.5 Å². The van der Waals surface area contributed by atoms with E-state index < -0.39 is 0 Å². The van der Waals surface area contributed by atoms with Crippen LogP contribution in [0.4, 0.5) is 0 Å². The van der Waals surface area contributed by atoms with Crippen LogP contribution in [-0.2, 0) is 25.3 Å². The van der Waals surface area contributed by atoms with Crippen LogP contribution >= 0.6 is 0 Å². The SMILES string of the molecule is [S-]c1ccccc1.[S-]c1ccccc1.[SnH2+2]. The van der Waals surface area contributed by atoms with Gasteiger partial charge in [0, 0.05) is 0 Å². The Balaban J connectivity index is 0.000000245. The summed E-state index contributed by atoms with van der Waals surface area (Å²) in [4.78, 5) is 1.81. The third kappa shape index (κ3) is 7.59. The Labute approximate surface area is 119 Å². The van der Waals surface area contributed by atoms with Crippen molar-refractivity contribution >= 4 is 49.2 Å². The minimum absolute atomic E-state index is 0. The molecule has 0 aliphatic rings. The third-order valence-electron chi connectivity index (χ3n) is 1.49. The van der Waals surface area contributed by atoms with Gasteiger partial charge in [0.25, 0.3) is 0 Å². The summed E-state index contributed by atoms with van der Waals surface area (Å²) in [6.45, 7) is 0. The summed E-state index contributed by atoms with van der Waals surface area (Å²) in [5.74, 6) is 0. The number of benzene rings is 2. The van der Waals surface area contributed by atoms with Crippen molar-refractivity contribution in [3.63, 3.8) is 0 Å². The normalized spacial score (nSPS) is 8.00. The Morgan fingerprint density at radius 3 is 0.933 bits per heavy atom. The van der Waals surface area contributed by atoms with E-state index in [2.05, 4.69) is 0 Å². The van der Waals surface area contributed by atoms with E-state index in [1.807, 2.05) is 60.7 Å². The van der Waals surface area contributed by atoms with Gasteiger partial charge in [-0.1, -0.05) is 60.7 Å². The molecule has 15 heavy (non-hydrogen) atoms. The fraction of sp³-hybridized carbons (Fsp3) is 0. The molecule has 0 heterocycles. The molecular weight excluding hydrogens is 327 g/mol. The summed E-state index contributed by atoms with van der Waals surface area (Å²) in [5, 5.41) is 0. The fourth-order valence-corrected chi connectivity index (χ4v) is 1.16. The Morgan fingerprint density at radius 2 is 0.800 bits per heavy atom. The van der Waals surface area contributed by atoms with Gasteiger partial charge in [0.15, 0.2) is 0 Å². The fourth-order valence-electron chi connectivity index (χ4n) is 0.841. The molecule has 0 fully saturated rings. The first kappa shape index (κ1) is 14.7. The molecule has 0 saturated heterocycles. The molecule has 0 N–H and O–H groups in total. The predicted octanol–water partition coefficient (Wildman–Crippen LogP) is 2.27. The molecule has 0 bridgehead atoms. The van der Waals surface area contributed by atoms with Gasteiger partial charge in [0.2, 0.25) is 0 Å². The molecule has 0 saturated carbocycles. The number of hydrogen-bond donors (Lipinski definition) is 0. The average Bonchev–Trinajstić information content (AvgIpc) is 2.21. The molecule has 0 spiro atoms. The Kier molecular flexibility index (Phi) is 8.75. The van der Waals surface area contributed by atoms with Crippen molar-refractivity contribution in [3.8, 4) is 0 Å². The van der Waals surface area contributed by atoms with E-state index in [9.17, 15) is 0 Å². The van der Waals surface area contributed by atoms with Crippen LogP contribution in [0.25, 0.3) is 0 Å². The molecule has 2 rings (SSSR count). The topological polar surface area (TPSA) is 0 Å². The summed E-state index contributed by atoms with van der Waals surface area (Å²) in [7, 11) is 0. The van der Waals surface area contributed by atoms with Crippen molar-refractivity contribution in [1.82, 2.24) is 0 Å². The molecule has 0 radical (unpaired) electrons. The first-order valence-electron chi connectivity index (χ1n) is 4.23. The molecule has 76 valence electrons. The van der Waals surface area contributed by atoms with Crippen molar-refractivity contribution in [2.24, 2.45) is 0 Å². The van der Waals surface area contributed by atoms with Crippen molar-refractivity contribution in [1.29, 1.82) is 0 Å². The van der Waals surface area contributed by atoms with Crippen LogP contribution in [0.5, 0.6) is 0 Å². The van der Waals surface area contributed by atoms with E-state index in [-0.39, 0.29) is 23.9 Å². The summed E-state index contributed by atoms with van der Waals surface area (Å²) in [5.41, 5.74) is 0. The molecule has 0 aliphatic heterocycles. The van der Waals surface area contributed by atoms with Gasteiger partial charge >= 0.3 is 23.9 Å². The molecular formula is C12H12S2Sn. The van der Waals surface area contributed by atoms with Gasteiger partial charge in [-0.3, -0.25) is 0 Å². The van der Waals surface area contributed by atoms with E-state index in [1.54, 1.807) is 0 Å². The summed E-state index contributed by atoms with van der Waals surface area (Å²) in [6, 6.07) is 19.2.